The summed E-state index contributed by atoms with van der Waals surface area (Å²) in [6, 6.07) is 4.23. The second-order valence-corrected chi connectivity index (χ2v) is 5.20. The van der Waals surface area contributed by atoms with Crippen LogP contribution in [0.2, 0.25) is 0 Å². The summed E-state index contributed by atoms with van der Waals surface area (Å²) < 4.78 is 11.6. The van der Waals surface area contributed by atoms with E-state index in [-0.39, 0.29) is 12.1 Å². The molecule has 5 heteroatoms. The molecule has 0 aromatic carbocycles. The van der Waals surface area contributed by atoms with Crippen LogP contribution in [0.15, 0.2) is 21.2 Å². The van der Waals surface area contributed by atoms with Crippen LogP contribution in [0.3, 0.4) is 0 Å². The molecule has 2 N–H and O–H groups in total. The van der Waals surface area contributed by atoms with Gasteiger partial charge in [0.1, 0.15) is 5.76 Å². The van der Waals surface area contributed by atoms with Gasteiger partial charge in [0, 0.05) is 19.7 Å². The molecule has 0 spiro atoms. The fourth-order valence-corrected chi connectivity index (χ4v) is 2.75. The fourth-order valence-electron chi connectivity index (χ4n) is 2.44. The fraction of sp³-hybridized carbons (Fsp3) is 0.667. The van der Waals surface area contributed by atoms with Crippen molar-refractivity contribution in [1.29, 1.82) is 0 Å². The molecular formula is C12H19BrN2O2. The van der Waals surface area contributed by atoms with Crippen LogP contribution in [-0.4, -0.2) is 37.7 Å². The summed E-state index contributed by atoms with van der Waals surface area (Å²) in [6.45, 7) is 2.68. The summed E-state index contributed by atoms with van der Waals surface area (Å²) in [5.74, 6) is 0.945. The van der Waals surface area contributed by atoms with Crippen LogP contribution in [0, 0.1) is 0 Å². The molecule has 1 aliphatic rings. The Morgan fingerprint density at radius 2 is 2.41 bits per heavy atom. The third-order valence-corrected chi connectivity index (χ3v) is 3.68. The van der Waals surface area contributed by atoms with Gasteiger partial charge in [-0.15, -0.1) is 0 Å². The Kier molecular flexibility index (Phi) is 4.62. The number of hydrogen-bond donors (Lipinski definition) is 1. The largest absolute Gasteiger partial charge is 0.453 e. The SMILES string of the molecule is COCCN1CCCC(N)C1c1ccc(Br)o1. The number of halogens is 1. The van der Waals surface area contributed by atoms with Crippen molar-refractivity contribution in [2.75, 3.05) is 26.8 Å². The normalized spacial score (nSPS) is 26.3. The molecular weight excluding hydrogens is 284 g/mol. The van der Waals surface area contributed by atoms with Crippen LogP contribution >= 0.6 is 15.9 Å². The van der Waals surface area contributed by atoms with Crippen LogP contribution in [0.4, 0.5) is 0 Å². The summed E-state index contributed by atoms with van der Waals surface area (Å²) in [6.07, 6.45) is 2.19. The Morgan fingerprint density at radius 1 is 1.59 bits per heavy atom. The van der Waals surface area contributed by atoms with E-state index in [1.54, 1.807) is 7.11 Å². The number of piperidine rings is 1. The van der Waals surface area contributed by atoms with E-state index in [9.17, 15) is 0 Å². The molecule has 0 aliphatic carbocycles. The van der Waals surface area contributed by atoms with Gasteiger partial charge < -0.3 is 14.9 Å². The van der Waals surface area contributed by atoms with E-state index in [1.807, 2.05) is 12.1 Å². The number of methoxy groups -OCH3 is 1. The summed E-state index contributed by atoms with van der Waals surface area (Å²) in [7, 11) is 1.72. The van der Waals surface area contributed by atoms with Crippen LogP contribution < -0.4 is 5.73 Å². The molecule has 2 unspecified atom stereocenters. The lowest BCUT2D eigenvalue weighted by atomic mass is 9.95. The van der Waals surface area contributed by atoms with Gasteiger partial charge in [-0.05, 0) is 47.4 Å². The zero-order chi connectivity index (χ0) is 12.3. The van der Waals surface area contributed by atoms with Crippen molar-refractivity contribution in [2.45, 2.75) is 24.9 Å². The van der Waals surface area contributed by atoms with Gasteiger partial charge >= 0.3 is 0 Å². The van der Waals surface area contributed by atoms with Crippen LogP contribution in [-0.2, 0) is 4.74 Å². The highest BCUT2D eigenvalue weighted by molar-refractivity contribution is 9.10. The van der Waals surface area contributed by atoms with E-state index in [2.05, 4.69) is 20.8 Å². The molecule has 17 heavy (non-hydrogen) atoms. The van der Waals surface area contributed by atoms with E-state index in [1.165, 1.54) is 0 Å². The molecule has 0 amide bonds. The number of nitrogens with two attached hydrogens (primary N) is 1. The van der Waals surface area contributed by atoms with Gasteiger partial charge in [0.05, 0.1) is 12.6 Å². The summed E-state index contributed by atoms with van der Waals surface area (Å²) in [5, 5.41) is 0. The van der Waals surface area contributed by atoms with Gasteiger partial charge in [0.2, 0.25) is 0 Å². The van der Waals surface area contributed by atoms with E-state index in [0.29, 0.717) is 0 Å². The Hall–Kier alpha value is -0.360. The van der Waals surface area contributed by atoms with Crippen LogP contribution in [0.25, 0.3) is 0 Å². The van der Waals surface area contributed by atoms with Gasteiger partial charge in [-0.2, -0.15) is 0 Å². The van der Waals surface area contributed by atoms with Crippen molar-refractivity contribution in [1.82, 2.24) is 4.90 Å². The standard InChI is InChI=1S/C12H19BrN2O2/c1-16-8-7-15-6-2-3-9(14)12(15)10-4-5-11(13)17-10/h4-5,9,12H,2-3,6-8,14H2,1H3. The van der Waals surface area contributed by atoms with Crippen molar-refractivity contribution in [3.05, 3.63) is 22.6 Å². The Balaban J connectivity index is 2.12. The molecule has 2 rings (SSSR count). The van der Waals surface area contributed by atoms with E-state index < -0.39 is 0 Å². The van der Waals surface area contributed by atoms with Gasteiger partial charge in [0.15, 0.2) is 4.67 Å². The first-order chi connectivity index (χ1) is 8.22. The summed E-state index contributed by atoms with van der Waals surface area (Å²) in [4.78, 5) is 2.35. The second-order valence-electron chi connectivity index (χ2n) is 4.42. The molecule has 0 bridgehead atoms. The zero-order valence-corrected chi connectivity index (χ0v) is 11.6. The number of furan rings is 1. The minimum atomic E-state index is 0.138. The maximum absolute atomic E-state index is 6.22. The zero-order valence-electron chi connectivity index (χ0n) is 10.1. The third kappa shape index (κ3) is 3.10. The lowest BCUT2D eigenvalue weighted by Gasteiger charge is -2.38. The van der Waals surface area contributed by atoms with Crippen molar-refractivity contribution >= 4 is 15.9 Å². The van der Waals surface area contributed by atoms with E-state index in [0.717, 1.165) is 43.0 Å². The summed E-state index contributed by atoms with van der Waals surface area (Å²) >= 11 is 3.34. The minimum absolute atomic E-state index is 0.138. The first-order valence-corrected chi connectivity index (χ1v) is 6.75. The quantitative estimate of drug-likeness (QED) is 0.926. The highest BCUT2D eigenvalue weighted by Crippen LogP contribution is 2.32. The first-order valence-electron chi connectivity index (χ1n) is 5.96. The minimum Gasteiger partial charge on any atom is -0.453 e. The van der Waals surface area contributed by atoms with Gasteiger partial charge in [-0.1, -0.05) is 0 Å². The van der Waals surface area contributed by atoms with Gasteiger partial charge in [-0.3, -0.25) is 4.90 Å². The molecule has 1 aliphatic heterocycles. The Bertz CT molecular complexity index is 356. The predicted molar refractivity (Wildman–Crippen MR) is 69.8 cm³/mol. The number of likely N-dealkylation sites (tertiary alicyclic amines) is 1. The molecule has 2 heterocycles. The van der Waals surface area contributed by atoms with Crippen LogP contribution in [0.5, 0.6) is 0 Å². The average molecular weight is 303 g/mol. The van der Waals surface area contributed by atoms with E-state index >= 15 is 0 Å². The lowest BCUT2D eigenvalue weighted by molar-refractivity contribution is 0.0736. The number of nitrogens with zero attached hydrogens (tertiary/aromatic N) is 1. The third-order valence-electron chi connectivity index (χ3n) is 3.25. The Morgan fingerprint density at radius 3 is 3.06 bits per heavy atom. The summed E-state index contributed by atoms with van der Waals surface area (Å²) in [5.41, 5.74) is 6.22. The van der Waals surface area contributed by atoms with Gasteiger partial charge in [0.25, 0.3) is 0 Å². The van der Waals surface area contributed by atoms with Crippen molar-refractivity contribution in [2.24, 2.45) is 5.73 Å². The van der Waals surface area contributed by atoms with Crippen molar-refractivity contribution in [3.8, 4) is 0 Å². The second kappa shape index (κ2) is 6.00. The van der Waals surface area contributed by atoms with Crippen molar-refractivity contribution in [3.63, 3.8) is 0 Å². The van der Waals surface area contributed by atoms with Gasteiger partial charge in [-0.25, -0.2) is 0 Å². The lowest BCUT2D eigenvalue weighted by Crippen LogP contribution is -2.46. The smallest absolute Gasteiger partial charge is 0.169 e. The monoisotopic (exact) mass is 302 g/mol. The number of rotatable bonds is 4. The Labute approximate surface area is 110 Å². The maximum atomic E-state index is 6.22. The van der Waals surface area contributed by atoms with E-state index in [4.69, 9.17) is 14.9 Å². The molecule has 4 nitrogen and oxygen atoms in total. The highest BCUT2D eigenvalue weighted by Gasteiger charge is 2.32. The topological polar surface area (TPSA) is 51.6 Å². The molecule has 96 valence electrons. The molecule has 1 aromatic rings. The molecule has 1 fully saturated rings. The van der Waals surface area contributed by atoms with Crippen molar-refractivity contribution < 1.29 is 9.15 Å². The average Bonchev–Trinajstić information content (AvgIpc) is 2.73. The predicted octanol–water partition coefficient (Wildman–Crippen LogP) is 2.15. The van der Waals surface area contributed by atoms with Crippen LogP contribution in [0.1, 0.15) is 24.6 Å². The molecule has 1 aromatic heterocycles. The highest BCUT2D eigenvalue weighted by atomic mass is 79.9. The number of ether oxygens (including phenoxy) is 1. The molecule has 2 atom stereocenters. The first kappa shape index (κ1) is 13.1. The molecule has 0 saturated carbocycles. The molecule has 0 radical (unpaired) electrons. The number of hydrogen-bond acceptors (Lipinski definition) is 4. The molecule has 1 saturated heterocycles. The maximum Gasteiger partial charge on any atom is 0.169 e.